The number of hydrogen-bond acceptors (Lipinski definition) is 5. The number of non-ortho nitro benzene ring substituents is 1. The van der Waals surface area contributed by atoms with Gasteiger partial charge in [0, 0.05) is 28.5 Å². The second kappa shape index (κ2) is 7.01. The summed E-state index contributed by atoms with van der Waals surface area (Å²) >= 11 is 5.82. The number of nitrogens with zero attached hydrogens (tertiary/aromatic N) is 3. The highest BCUT2D eigenvalue weighted by Crippen LogP contribution is 2.28. The highest BCUT2D eigenvalue weighted by molar-refractivity contribution is 7.92. The molecule has 0 fully saturated rings. The third-order valence-corrected chi connectivity index (χ3v) is 5.44. The molecule has 1 N–H and O–H groups in total. The lowest BCUT2D eigenvalue weighted by molar-refractivity contribution is -0.385. The molecule has 0 aliphatic heterocycles. The molecule has 1 heterocycles. The molecule has 3 aromatic rings. The molecule has 140 valence electrons. The van der Waals surface area contributed by atoms with Crippen molar-refractivity contribution in [2.24, 2.45) is 0 Å². The van der Waals surface area contributed by atoms with Gasteiger partial charge < -0.3 is 0 Å². The molecule has 0 saturated heterocycles. The molecule has 0 amide bonds. The maximum Gasteiger partial charge on any atom is 0.270 e. The quantitative estimate of drug-likeness (QED) is 0.511. The first-order valence-corrected chi connectivity index (χ1v) is 9.64. The van der Waals surface area contributed by atoms with Crippen molar-refractivity contribution in [3.05, 3.63) is 75.1 Å². The van der Waals surface area contributed by atoms with E-state index in [1.54, 1.807) is 19.9 Å². The zero-order chi connectivity index (χ0) is 19.8. The second-order valence-electron chi connectivity index (χ2n) is 5.86. The van der Waals surface area contributed by atoms with E-state index in [-0.39, 0.29) is 22.0 Å². The van der Waals surface area contributed by atoms with Crippen LogP contribution in [0.4, 0.5) is 11.4 Å². The van der Waals surface area contributed by atoms with Crippen molar-refractivity contribution in [2.75, 3.05) is 4.72 Å². The van der Waals surface area contributed by atoms with Gasteiger partial charge >= 0.3 is 0 Å². The molecule has 0 bridgehead atoms. The summed E-state index contributed by atoms with van der Waals surface area (Å²) in [5, 5.41) is 15.9. The fourth-order valence-electron chi connectivity index (χ4n) is 2.61. The van der Waals surface area contributed by atoms with Gasteiger partial charge in [-0.25, -0.2) is 13.1 Å². The Bertz CT molecular complexity index is 1120. The number of aromatic nitrogens is 2. The molecule has 0 aliphatic rings. The third-order valence-electron chi connectivity index (χ3n) is 3.78. The first-order valence-electron chi connectivity index (χ1n) is 7.78. The molecular weight excluding hydrogens is 392 g/mol. The van der Waals surface area contributed by atoms with Crippen molar-refractivity contribution in [3.8, 4) is 5.69 Å². The Morgan fingerprint density at radius 1 is 1.11 bits per heavy atom. The van der Waals surface area contributed by atoms with Gasteiger partial charge in [-0.1, -0.05) is 11.6 Å². The molecule has 0 spiro atoms. The van der Waals surface area contributed by atoms with Gasteiger partial charge in [0.2, 0.25) is 0 Å². The highest BCUT2D eigenvalue weighted by atomic mass is 35.5. The number of nitrogens with one attached hydrogen (secondary N) is 1. The highest BCUT2D eigenvalue weighted by Gasteiger charge is 2.24. The Kier molecular flexibility index (Phi) is 4.90. The minimum atomic E-state index is -4.13. The van der Waals surface area contributed by atoms with E-state index in [0.29, 0.717) is 16.4 Å². The van der Waals surface area contributed by atoms with Gasteiger partial charge in [0.15, 0.2) is 0 Å². The van der Waals surface area contributed by atoms with Crippen molar-refractivity contribution in [3.63, 3.8) is 0 Å². The van der Waals surface area contributed by atoms with Crippen LogP contribution in [-0.4, -0.2) is 23.1 Å². The molecule has 1 aromatic heterocycles. The van der Waals surface area contributed by atoms with Crippen molar-refractivity contribution in [1.29, 1.82) is 0 Å². The van der Waals surface area contributed by atoms with Crippen molar-refractivity contribution in [1.82, 2.24) is 9.78 Å². The Morgan fingerprint density at radius 3 is 2.33 bits per heavy atom. The predicted octanol–water partition coefficient (Wildman–Crippen LogP) is 3.85. The summed E-state index contributed by atoms with van der Waals surface area (Å²) < 4.78 is 29.8. The van der Waals surface area contributed by atoms with Gasteiger partial charge in [-0.05, 0) is 50.2 Å². The zero-order valence-electron chi connectivity index (χ0n) is 14.4. The molecule has 8 nitrogen and oxygen atoms in total. The number of anilines is 1. The van der Waals surface area contributed by atoms with Crippen molar-refractivity contribution in [2.45, 2.75) is 18.7 Å². The van der Waals surface area contributed by atoms with Crippen LogP contribution in [-0.2, 0) is 10.0 Å². The van der Waals surface area contributed by atoms with Crippen LogP contribution in [0.3, 0.4) is 0 Å². The number of benzene rings is 2. The second-order valence-corrected chi connectivity index (χ2v) is 7.95. The van der Waals surface area contributed by atoms with Crippen LogP contribution in [0.1, 0.15) is 11.4 Å². The van der Waals surface area contributed by atoms with Gasteiger partial charge in [-0.15, -0.1) is 0 Å². The lowest BCUT2D eigenvalue weighted by Gasteiger charge is -2.13. The minimum absolute atomic E-state index is 0.215. The van der Waals surface area contributed by atoms with Crippen LogP contribution in [0.2, 0.25) is 5.02 Å². The van der Waals surface area contributed by atoms with Gasteiger partial charge in [0.25, 0.3) is 15.7 Å². The molecule has 0 aliphatic carbocycles. The van der Waals surface area contributed by atoms with Crippen LogP contribution >= 0.6 is 11.6 Å². The topological polar surface area (TPSA) is 107 Å². The van der Waals surface area contributed by atoms with Crippen LogP contribution in [0.15, 0.2) is 53.4 Å². The first kappa shape index (κ1) is 18.9. The van der Waals surface area contributed by atoms with E-state index in [4.69, 9.17) is 11.6 Å². The SMILES string of the molecule is Cc1cc(C)n(-c2ccc([N+](=O)[O-])cc2S(=O)(=O)Nc2ccc(Cl)cc2)n1. The van der Waals surface area contributed by atoms with E-state index < -0.39 is 14.9 Å². The maximum absolute atomic E-state index is 13.0. The van der Waals surface area contributed by atoms with E-state index in [0.717, 1.165) is 6.07 Å². The monoisotopic (exact) mass is 406 g/mol. The number of rotatable bonds is 5. The molecule has 27 heavy (non-hydrogen) atoms. The van der Waals surface area contributed by atoms with E-state index in [1.165, 1.54) is 41.1 Å². The van der Waals surface area contributed by atoms with Crippen LogP contribution in [0.5, 0.6) is 0 Å². The zero-order valence-corrected chi connectivity index (χ0v) is 16.0. The lowest BCUT2D eigenvalue weighted by Crippen LogP contribution is -2.17. The van der Waals surface area contributed by atoms with Gasteiger partial charge in [-0.2, -0.15) is 5.10 Å². The molecule has 3 rings (SSSR count). The van der Waals surface area contributed by atoms with E-state index in [9.17, 15) is 18.5 Å². The smallest absolute Gasteiger partial charge is 0.270 e. The van der Waals surface area contributed by atoms with Crippen molar-refractivity contribution < 1.29 is 13.3 Å². The van der Waals surface area contributed by atoms with E-state index >= 15 is 0 Å². The van der Waals surface area contributed by atoms with E-state index in [1.807, 2.05) is 0 Å². The number of nitro benzene ring substituents is 1. The summed E-state index contributed by atoms with van der Waals surface area (Å²) in [5.41, 5.74) is 1.55. The average molecular weight is 407 g/mol. The standard InChI is InChI=1S/C17H15ClN4O4S/c1-11-9-12(2)21(19-11)16-8-7-15(22(23)24)10-17(16)27(25,26)20-14-5-3-13(18)4-6-14/h3-10,20H,1-2H3. The summed E-state index contributed by atoms with van der Waals surface area (Å²) in [4.78, 5) is 10.2. The number of hydrogen-bond donors (Lipinski definition) is 1. The normalized spacial score (nSPS) is 11.4. The number of halogens is 1. The Balaban J connectivity index is 2.16. The first-order chi connectivity index (χ1) is 12.7. The van der Waals surface area contributed by atoms with Crippen LogP contribution < -0.4 is 4.72 Å². The summed E-state index contributed by atoms with van der Waals surface area (Å²) in [6.07, 6.45) is 0. The van der Waals surface area contributed by atoms with Gasteiger partial charge in [-0.3, -0.25) is 14.8 Å². The Labute approximate surface area is 160 Å². The molecule has 0 unspecified atom stereocenters. The number of nitro groups is 1. The minimum Gasteiger partial charge on any atom is -0.280 e. The fourth-order valence-corrected chi connectivity index (χ4v) is 4.00. The van der Waals surface area contributed by atoms with E-state index in [2.05, 4.69) is 9.82 Å². The summed E-state index contributed by atoms with van der Waals surface area (Å²) in [7, 11) is -4.13. The van der Waals surface area contributed by atoms with Crippen molar-refractivity contribution >= 4 is 33.0 Å². The molecular formula is C17H15ClN4O4S. The molecule has 2 aromatic carbocycles. The summed E-state index contributed by atoms with van der Waals surface area (Å²) in [6.45, 7) is 3.54. The summed E-state index contributed by atoms with van der Waals surface area (Å²) in [6, 6.07) is 11.5. The Hall–Kier alpha value is -2.91. The third kappa shape index (κ3) is 3.93. The molecule has 0 radical (unpaired) electrons. The number of aryl methyl sites for hydroxylation is 2. The predicted molar refractivity (Wildman–Crippen MR) is 102 cm³/mol. The summed E-state index contributed by atoms with van der Waals surface area (Å²) in [5.74, 6) is 0. The number of sulfonamides is 1. The van der Waals surface area contributed by atoms with Gasteiger partial charge in [0.05, 0.1) is 16.3 Å². The fraction of sp³-hybridized carbons (Fsp3) is 0.118. The molecule has 10 heteroatoms. The molecule has 0 atom stereocenters. The van der Waals surface area contributed by atoms with Crippen LogP contribution in [0, 0.1) is 24.0 Å². The lowest BCUT2D eigenvalue weighted by atomic mass is 10.3. The average Bonchev–Trinajstić information content (AvgIpc) is 2.94. The maximum atomic E-state index is 13.0. The van der Waals surface area contributed by atoms with Gasteiger partial charge in [0.1, 0.15) is 4.90 Å². The van der Waals surface area contributed by atoms with Crippen LogP contribution in [0.25, 0.3) is 5.69 Å². The molecule has 0 saturated carbocycles. The largest absolute Gasteiger partial charge is 0.280 e. The Morgan fingerprint density at radius 2 is 1.78 bits per heavy atom.